The molecule has 0 heterocycles. The van der Waals surface area contributed by atoms with Gasteiger partial charge in [0, 0.05) is 6.54 Å². The molecule has 0 aliphatic heterocycles. The number of hydrogen-bond donors (Lipinski definition) is 2. The Labute approximate surface area is 67.2 Å². The van der Waals surface area contributed by atoms with Crippen LogP contribution in [0.1, 0.15) is 6.92 Å². The number of hydrogen-bond acceptors (Lipinski definition) is 3. The number of rotatable bonds is 5. The minimum atomic E-state index is -0.619. The van der Waals surface area contributed by atoms with Crippen molar-refractivity contribution in [3.05, 3.63) is 24.5 Å². The van der Waals surface area contributed by atoms with Gasteiger partial charge in [-0.05, 0) is 12.5 Å². The molecule has 0 saturated heterocycles. The largest absolute Gasteiger partial charge is 0.491 e. The molecule has 0 radical (unpaired) electrons. The third-order valence-electron chi connectivity index (χ3n) is 1.20. The quantitative estimate of drug-likeness (QED) is 0.449. The molecule has 0 aromatic rings. The molecule has 0 aromatic heterocycles. The zero-order valence-electron chi connectivity index (χ0n) is 6.84. The lowest BCUT2D eigenvalue weighted by molar-refractivity contribution is 0.0805. The first-order valence-corrected chi connectivity index (χ1v) is 3.43. The molecular weight excluding hydrogens is 142 g/mol. The number of allylic oxidation sites excluding steroid dienone is 1. The first kappa shape index (κ1) is 10.2. The molecule has 11 heavy (non-hydrogen) atoms. The van der Waals surface area contributed by atoms with Gasteiger partial charge in [-0.1, -0.05) is 13.2 Å². The van der Waals surface area contributed by atoms with Gasteiger partial charge in [-0.3, -0.25) is 0 Å². The highest BCUT2D eigenvalue weighted by molar-refractivity contribution is 5.15. The highest BCUT2D eigenvalue weighted by Gasteiger charge is 2.02. The van der Waals surface area contributed by atoms with Crippen molar-refractivity contribution in [2.75, 3.05) is 13.2 Å². The highest BCUT2D eigenvalue weighted by atomic mass is 16.5. The van der Waals surface area contributed by atoms with E-state index in [0.717, 1.165) is 5.57 Å². The number of nitrogens with two attached hydrogens (primary N) is 1. The molecule has 0 fully saturated rings. The summed E-state index contributed by atoms with van der Waals surface area (Å²) in [6.07, 6.45) is -0.619. The average molecular weight is 157 g/mol. The van der Waals surface area contributed by atoms with Gasteiger partial charge in [-0.25, -0.2) is 0 Å². The molecule has 0 spiro atoms. The zero-order chi connectivity index (χ0) is 8.85. The Bertz CT molecular complexity index is 154. The van der Waals surface area contributed by atoms with Crippen LogP contribution in [0.3, 0.4) is 0 Å². The van der Waals surface area contributed by atoms with Crippen molar-refractivity contribution in [1.29, 1.82) is 0 Å². The molecule has 0 aromatic carbocycles. The first-order valence-electron chi connectivity index (χ1n) is 3.43. The summed E-state index contributed by atoms with van der Waals surface area (Å²) in [6, 6.07) is 0. The van der Waals surface area contributed by atoms with Gasteiger partial charge in [0.1, 0.15) is 18.5 Å². The maximum absolute atomic E-state index is 8.97. The molecule has 0 rings (SSSR count). The van der Waals surface area contributed by atoms with Crippen LogP contribution in [0.25, 0.3) is 0 Å². The van der Waals surface area contributed by atoms with Crippen molar-refractivity contribution in [2.24, 2.45) is 5.73 Å². The predicted octanol–water partition coefficient (Wildman–Crippen LogP) is 0.412. The van der Waals surface area contributed by atoms with Gasteiger partial charge in [0.25, 0.3) is 0 Å². The Balaban J connectivity index is 3.54. The van der Waals surface area contributed by atoms with E-state index >= 15 is 0 Å². The fourth-order valence-electron chi connectivity index (χ4n) is 0.388. The Morgan fingerprint density at radius 2 is 2.18 bits per heavy atom. The topological polar surface area (TPSA) is 55.5 Å². The van der Waals surface area contributed by atoms with Crippen molar-refractivity contribution in [2.45, 2.75) is 13.0 Å². The Hall–Kier alpha value is -0.800. The van der Waals surface area contributed by atoms with Crippen LogP contribution >= 0.6 is 0 Å². The monoisotopic (exact) mass is 157 g/mol. The summed E-state index contributed by atoms with van der Waals surface area (Å²) in [6.45, 7) is 9.38. The summed E-state index contributed by atoms with van der Waals surface area (Å²) in [4.78, 5) is 0. The fraction of sp³-hybridized carbons (Fsp3) is 0.500. The highest BCUT2D eigenvalue weighted by Crippen LogP contribution is 2.04. The smallest absolute Gasteiger partial charge is 0.115 e. The minimum absolute atomic E-state index is 0.183. The van der Waals surface area contributed by atoms with Crippen LogP contribution in [0.15, 0.2) is 24.5 Å². The standard InChI is InChI=1S/C8H15NO2/c1-6(2)7(3)11-5-8(10)4-9/h8,10H,1,3-5,9H2,2H3. The maximum Gasteiger partial charge on any atom is 0.115 e. The Morgan fingerprint density at radius 3 is 2.55 bits per heavy atom. The maximum atomic E-state index is 8.97. The lowest BCUT2D eigenvalue weighted by Crippen LogP contribution is -2.24. The fourth-order valence-corrected chi connectivity index (χ4v) is 0.388. The van der Waals surface area contributed by atoms with E-state index in [-0.39, 0.29) is 13.2 Å². The normalized spacial score (nSPS) is 12.3. The number of aliphatic hydroxyl groups excluding tert-OH is 1. The van der Waals surface area contributed by atoms with Gasteiger partial charge < -0.3 is 15.6 Å². The first-order chi connectivity index (χ1) is 5.07. The summed E-state index contributed by atoms with van der Waals surface area (Å²) in [5, 5.41) is 8.97. The molecule has 0 bridgehead atoms. The third kappa shape index (κ3) is 4.58. The van der Waals surface area contributed by atoms with Crippen LogP contribution in [0.4, 0.5) is 0 Å². The molecule has 1 unspecified atom stereocenters. The molecular formula is C8H15NO2. The molecule has 3 heteroatoms. The van der Waals surface area contributed by atoms with Crippen LogP contribution in [0.2, 0.25) is 0 Å². The predicted molar refractivity (Wildman–Crippen MR) is 45.0 cm³/mol. The van der Waals surface area contributed by atoms with Gasteiger partial charge in [-0.15, -0.1) is 0 Å². The van der Waals surface area contributed by atoms with Crippen molar-refractivity contribution in [3.63, 3.8) is 0 Å². The number of aliphatic hydroxyl groups is 1. The van der Waals surface area contributed by atoms with Crippen LogP contribution in [-0.2, 0) is 4.74 Å². The second-order valence-corrected chi connectivity index (χ2v) is 2.40. The van der Waals surface area contributed by atoms with Crippen LogP contribution < -0.4 is 5.73 Å². The van der Waals surface area contributed by atoms with Crippen molar-refractivity contribution in [1.82, 2.24) is 0 Å². The van der Waals surface area contributed by atoms with Gasteiger partial charge in [0.05, 0.1) is 0 Å². The second-order valence-electron chi connectivity index (χ2n) is 2.40. The van der Waals surface area contributed by atoms with Gasteiger partial charge in [0.2, 0.25) is 0 Å². The van der Waals surface area contributed by atoms with E-state index in [2.05, 4.69) is 13.2 Å². The van der Waals surface area contributed by atoms with Gasteiger partial charge in [0.15, 0.2) is 0 Å². The summed E-state index contributed by atoms with van der Waals surface area (Å²) < 4.78 is 5.03. The Kier molecular flexibility index (Phi) is 4.57. The minimum Gasteiger partial charge on any atom is -0.491 e. The summed E-state index contributed by atoms with van der Waals surface area (Å²) in [7, 11) is 0. The molecule has 0 saturated carbocycles. The lowest BCUT2D eigenvalue weighted by atomic mass is 10.3. The van der Waals surface area contributed by atoms with Gasteiger partial charge in [-0.2, -0.15) is 0 Å². The van der Waals surface area contributed by atoms with E-state index < -0.39 is 6.10 Å². The van der Waals surface area contributed by atoms with Crippen LogP contribution in [0.5, 0.6) is 0 Å². The Morgan fingerprint density at radius 1 is 1.64 bits per heavy atom. The zero-order valence-corrected chi connectivity index (χ0v) is 6.84. The van der Waals surface area contributed by atoms with Crippen LogP contribution in [0, 0.1) is 0 Å². The van der Waals surface area contributed by atoms with Crippen molar-refractivity contribution < 1.29 is 9.84 Å². The van der Waals surface area contributed by atoms with E-state index in [0.29, 0.717) is 5.76 Å². The van der Waals surface area contributed by atoms with Crippen LogP contribution in [-0.4, -0.2) is 24.4 Å². The lowest BCUT2D eigenvalue weighted by Gasteiger charge is -2.11. The number of ether oxygens (including phenoxy) is 1. The van der Waals surface area contributed by atoms with Gasteiger partial charge >= 0.3 is 0 Å². The van der Waals surface area contributed by atoms with Crippen molar-refractivity contribution in [3.8, 4) is 0 Å². The van der Waals surface area contributed by atoms with Crippen molar-refractivity contribution >= 4 is 0 Å². The molecule has 0 aliphatic carbocycles. The third-order valence-corrected chi connectivity index (χ3v) is 1.20. The molecule has 1 atom stereocenters. The molecule has 3 nitrogen and oxygen atoms in total. The average Bonchev–Trinajstić information content (AvgIpc) is 1.99. The SMILES string of the molecule is C=C(C)C(=C)OCC(O)CN. The summed E-state index contributed by atoms with van der Waals surface area (Å²) >= 11 is 0. The second kappa shape index (κ2) is 4.93. The summed E-state index contributed by atoms with van der Waals surface area (Å²) in [5.74, 6) is 0.498. The van der Waals surface area contributed by atoms with E-state index in [1.165, 1.54) is 0 Å². The van der Waals surface area contributed by atoms with E-state index in [1.54, 1.807) is 6.92 Å². The molecule has 64 valence electrons. The molecule has 0 amide bonds. The van der Waals surface area contributed by atoms with E-state index in [1.807, 2.05) is 0 Å². The molecule has 0 aliphatic rings. The summed E-state index contributed by atoms with van der Waals surface area (Å²) in [5.41, 5.74) is 5.91. The van der Waals surface area contributed by atoms with E-state index in [9.17, 15) is 0 Å². The van der Waals surface area contributed by atoms with E-state index in [4.69, 9.17) is 15.6 Å². The molecule has 3 N–H and O–H groups in total.